The highest BCUT2D eigenvalue weighted by atomic mass is 19.1. The van der Waals surface area contributed by atoms with Crippen molar-refractivity contribution in [3.8, 4) is 0 Å². The Labute approximate surface area is 199 Å². The van der Waals surface area contributed by atoms with E-state index in [0.717, 1.165) is 12.8 Å². The summed E-state index contributed by atoms with van der Waals surface area (Å²) in [5.74, 6) is -1.12. The maximum atomic E-state index is 14.7. The first kappa shape index (κ1) is 22.8. The predicted molar refractivity (Wildman–Crippen MR) is 124 cm³/mol. The minimum atomic E-state index is -0.649. The fourth-order valence-corrected chi connectivity index (χ4v) is 4.82. The minimum absolute atomic E-state index is 0.0837. The number of amides is 2. The van der Waals surface area contributed by atoms with Crippen LogP contribution in [0.3, 0.4) is 0 Å². The van der Waals surface area contributed by atoms with Crippen molar-refractivity contribution in [3.63, 3.8) is 0 Å². The van der Waals surface area contributed by atoms with Gasteiger partial charge in [0.1, 0.15) is 5.82 Å². The van der Waals surface area contributed by atoms with Gasteiger partial charge in [-0.05, 0) is 55.5 Å². The number of hydrogen-bond donors (Lipinski definition) is 1. The van der Waals surface area contributed by atoms with E-state index in [1.807, 2.05) is 0 Å². The highest BCUT2D eigenvalue weighted by Crippen LogP contribution is 2.20. The summed E-state index contributed by atoms with van der Waals surface area (Å²) < 4.78 is 21.3. The maximum absolute atomic E-state index is 14.7. The van der Waals surface area contributed by atoms with Gasteiger partial charge in [0, 0.05) is 37.4 Å². The summed E-state index contributed by atoms with van der Waals surface area (Å²) in [6.07, 6.45) is 4.45. The van der Waals surface area contributed by atoms with Crippen LogP contribution in [0.4, 0.5) is 4.39 Å². The highest BCUT2D eigenvalue weighted by molar-refractivity contribution is 5.95. The lowest BCUT2D eigenvalue weighted by Crippen LogP contribution is -2.50. The summed E-state index contributed by atoms with van der Waals surface area (Å²) in [5.41, 5.74) is 0.976. The fourth-order valence-electron chi connectivity index (χ4n) is 4.82. The highest BCUT2D eigenvalue weighted by Gasteiger charge is 2.28. The Morgan fingerprint density at radius 3 is 2.40 bits per heavy atom. The van der Waals surface area contributed by atoms with Crippen molar-refractivity contribution < 1.29 is 18.4 Å². The molecule has 0 radical (unpaired) electrons. The first-order chi connectivity index (χ1) is 16.9. The van der Waals surface area contributed by atoms with E-state index in [0.29, 0.717) is 42.8 Å². The first-order valence-corrected chi connectivity index (χ1v) is 11.7. The number of halogens is 1. The summed E-state index contributed by atoms with van der Waals surface area (Å²) in [6.45, 7) is 1.28. The Morgan fingerprint density at radius 1 is 0.971 bits per heavy atom. The molecule has 182 valence electrons. The third-order valence-corrected chi connectivity index (χ3v) is 6.69. The SMILES string of the molecule is O=C(c1ccco1)N1CCN(C(=O)c2cc(Cn3c4c(c(=O)[nH]c3=O)CCCC4)ccc2F)CC1. The number of carbonyl (C=O) groups excluding carboxylic acids is 2. The minimum Gasteiger partial charge on any atom is -0.459 e. The third kappa shape index (κ3) is 4.43. The molecule has 1 N–H and O–H groups in total. The van der Waals surface area contributed by atoms with E-state index in [1.165, 1.54) is 27.9 Å². The lowest BCUT2D eigenvalue weighted by molar-refractivity contribution is 0.0515. The summed E-state index contributed by atoms with van der Waals surface area (Å²) in [6, 6.07) is 7.46. The molecule has 3 aromatic rings. The number of nitrogens with one attached hydrogen (secondary N) is 1. The van der Waals surface area contributed by atoms with Crippen LogP contribution in [0.5, 0.6) is 0 Å². The van der Waals surface area contributed by atoms with Gasteiger partial charge in [0.05, 0.1) is 18.4 Å². The van der Waals surface area contributed by atoms with E-state index in [9.17, 15) is 23.6 Å². The molecule has 0 atom stereocenters. The normalized spacial score (nSPS) is 15.7. The Balaban J connectivity index is 1.33. The van der Waals surface area contributed by atoms with E-state index in [2.05, 4.69) is 4.98 Å². The van der Waals surface area contributed by atoms with Crippen LogP contribution in [0.15, 0.2) is 50.6 Å². The van der Waals surface area contributed by atoms with Crippen LogP contribution < -0.4 is 11.2 Å². The summed E-state index contributed by atoms with van der Waals surface area (Å²) in [4.78, 5) is 55.8. The van der Waals surface area contributed by atoms with E-state index < -0.39 is 17.4 Å². The van der Waals surface area contributed by atoms with Gasteiger partial charge in [0.2, 0.25) is 0 Å². The van der Waals surface area contributed by atoms with Crippen LogP contribution in [-0.2, 0) is 19.4 Å². The summed E-state index contributed by atoms with van der Waals surface area (Å²) in [5, 5.41) is 0. The first-order valence-electron chi connectivity index (χ1n) is 11.7. The number of benzene rings is 1. The van der Waals surface area contributed by atoms with Crippen molar-refractivity contribution in [3.05, 3.63) is 91.4 Å². The lowest BCUT2D eigenvalue weighted by Gasteiger charge is -2.34. The zero-order valence-electron chi connectivity index (χ0n) is 19.1. The molecule has 2 aliphatic rings. The van der Waals surface area contributed by atoms with Crippen LogP contribution >= 0.6 is 0 Å². The molecule has 1 saturated heterocycles. The molecule has 0 bridgehead atoms. The summed E-state index contributed by atoms with van der Waals surface area (Å²) in [7, 11) is 0. The second-order valence-electron chi connectivity index (χ2n) is 8.85. The Kier molecular flexibility index (Phi) is 6.10. The number of rotatable bonds is 4. The molecule has 10 heteroatoms. The van der Waals surface area contributed by atoms with Crippen LogP contribution in [0.1, 0.15) is 50.6 Å². The van der Waals surface area contributed by atoms with Gasteiger partial charge >= 0.3 is 5.69 Å². The quantitative estimate of drug-likeness (QED) is 0.613. The average Bonchev–Trinajstić information content (AvgIpc) is 3.42. The van der Waals surface area contributed by atoms with Gasteiger partial charge in [-0.3, -0.25) is 23.9 Å². The zero-order chi connectivity index (χ0) is 24.5. The number of hydrogen-bond acceptors (Lipinski definition) is 5. The van der Waals surface area contributed by atoms with E-state index >= 15 is 0 Å². The lowest BCUT2D eigenvalue weighted by atomic mass is 9.96. The van der Waals surface area contributed by atoms with Crippen LogP contribution in [0.25, 0.3) is 0 Å². The molecule has 0 saturated carbocycles. The fraction of sp³-hybridized carbons (Fsp3) is 0.360. The number of fused-ring (bicyclic) bond motifs is 1. The van der Waals surface area contributed by atoms with Gasteiger partial charge < -0.3 is 14.2 Å². The molecule has 2 aromatic heterocycles. The maximum Gasteiger partial charge on any atom is 0.328 e. The monoisotopic (exact) mass is 480 g/mol. The molecule has 9 nitrogen and oxygen atoms in total. The summed E-state index contributed by atoms with van der Waals surface area (Å²) >= 11 is 0. The standard InChI is InChI=1S/C25H25FN4O5/c26-19-8-7-16(15-30-20-5-2-1-4-17(20)22(31)27-25(30)34)14-18(19)23(32)28-9-11-29(12-10-28)24(33)21-6-3-13-35-21/h3,6-8,13-14H,1-2,4-5,9-12,15H2,(H,27,31,34). The largest absolute Gasteiger partial charge is 0.459 e. The Hall–Kier alpha value is -3.95. The molecule has 1 fully saturated rings. The molecule has 5 rings (SSSR count). The molecular weight excluding hydrogens is 455 g/mol. The molecule has 35 heavy (non-hydrogen) atoms. The van der Waals surface area contributed by atoms with Gasteiger partial charge in [-0.25, -0.2) is 9.18 Å². The van der Waals surface area contributed by atoms with E-state index in [4.69, 9.17) is 4.42 Å². The molecular formula is C25H25FN4O5. The molecule has 0 spiro atoms. The van der Waals surface area contributed by atoms with E-state index in [-0.39, 0.29) is 42.4 Å². The average molecular weight is 480 g/mol. The number of furan rings is 1. The number of carbonyl (C=O) groups is 2. The van der Waals surface area contributed by atoms with Crippen LogP contribution in [0, 0.1) is 5.82 Å². The topological polar surface area (TPSA) is 109 Å². The molecule has 2 amide bonds. The molecule has 1 aliphatic carbocycles. The third-order valence-electron chi connectivity index (χ3n) is 6.69. The van der Waals surface area contributed by atoms with Gasteiger partial charge in [0.25, 0.3) is 17.4 Å². The second kappa shape index (κ2) is 9.36. The van der Waals surface area contributed by atoms with Gasteiger partial charge in [-0.2, -0.15) is 0 Å². The van der Waals surface area contributed by atoms with Crippen molar-refractivity contribution in [1.29, 1.82) is 0 Å². The van der Waals surface area contributed by atoms with Crippen molar-refractivity contribution in [2.75, 3.05) is 26.2 Å². The number of aromatic nitrogens is 2. The number of H-pyrrole nitrogens is 1. The van der Waals surface area contributed by atoms with Gasteiger partial charge in [-0.15, -0.1) is 0 Å². The molecule has 0 unspecified atom stereocenters. The van der Waals surface area contributed by atoms with Crippen LogP contribution in [0.2, 0.25) is 0 Å². The van der Waals surface area contributed by atoms with Crippen molar-refractivity contribution in [2.45, 2.75) is 32.2 Å². The smallest absolute Gasteiger partial charge is 0.328 e. The van der Waals surface area contributed by atoms with E-state index in [1.54, 1.807) is 23.1 Å². The molecule has 1 aromatic carbocycles. The molecule has 3 heterocycles. The molecule has 1 aliphatic heterocycles. The Morgan fingerprint density at radius 2 is 1.69 bits per heavy atom. The predicted octanol–water partition coefficient (Wildman–Crippen LogP) is 1.79. The van der Waals surface area contributed by atoms with Gasteiger partial charge in [0.15, 0.2) is 5.76 Å². The number of aromatic amines is 1. The van der Waals surface area contributed by atoms with Crippen molar-refractivity contribution in [2.24, 2.45) is 0 Å². The Bertz CT molecular complexity index is 1380. The number of piperazine rings is 1. The number of nitrogens with zero attached hydrogens (tertiary/aromatic N) is 3. The van der Waals surface area contributed by atoms with Gasteiger partial charge in [-0.1, -0.05) is 6.07 Å². The van der Waals surface area contributed by atoms with Crippen molar-refractivity contribution in [1.82, 2.24) is 19.4 Å². The van der Waals surface area contributed by atoms with Crippen molar-refractivity contribution >= 4 is 11.8 Å². The zero-order valence-corrected chi connectivity index (χ0v) is 19.1. The second-order valence-corrected chi connectivity index (χ2v) is 8.85. The van der Waals surface area contributed by atoms with Crippen LogP contribution in [-0.4, -0.2) is 57.3 Å².